The molecule has 1 heterocycles. The number of fused-ring (bicyclic) bond motifs is 1. The first-order valence-electron chi connectivity index (χ1n) is 4.53. The summed E-state index contributed by atoms with van der Waals surface area (Å²) >= 11 is 0. The second-order valence-electron chi connectivity index (χ2n) is 3.21. The van der Waals surface area contributed by atoms with Crippen LogP contribution in [0.4, 0.5) is 24.5 Å². The van der Waals surface area contributed by atoms with Crippen LogP contribution in [0.25, 0.3) is 0 Å². The molecule has 0 saturated carbocycles. The van der Waals surface area contributed by atoms with Crippen molar-refractivity contribution in [2.24, 2.45) is 0 Å². The summed E-state index contributed by atoms with van der Waals surface area (Å²) in [5.74, 6) is 0. The molecule has 0 spiro atoms. The van der Waals surface area contributed by atoms with Gasteiger partial charge in [0.1, 0.15) is 0 Å². The van der Waals surface area contributed by atoms with E-state index in [1.165, 1.54) is 6.07 Å². The van der Waals surface area contributed by atoms with Crippen LogP contribution < -0.4 is 16.0 Å². The van der Waals surface area contributed by atoms with E-state index in [0.717, 1.165) is 12.1 Å². The average Bonchev–Trinajstić information content (AvgIpc) is 2.57. The van der Waals surface area contributed by atoms with E-state index in [9.17, 15) is 13.2 Å². The fourth-order valence-electron chi connectivity index (χ4n) is 1.47. The molecule has 0 atom stereocenters. The number of hydrogen-bond donors (Lipinski definition) is 2. The first-order chi connectivity index (χ1) is 7.02. The van der Waals surface area contributed by atoms with Gasteiger partial charge in [-0.05, 0) is 25.1 Å². The van der Waals surface area contributed by atoms with E-state index in [-0.39, 0.29) is 0 Å². The van der Waals surface area contributed by atoms with Gasteiger partial charge >= 0.3 is 6.18 Å². The zero-order chi connectivity index (χ0) is 11.1. The van der Waals surface area contributed by atoms with E-state index in [2.05, 4.69) is 11.0 Å². The Morgan fingerprint density at radius 3 is 2.67 bits per heavy atom. The second kappa shape index (κ2) is 3.30. The first kappa shape index (κ1) is 10.1. The minimum atomic E-state index is -4.29. The Kier molecular flexibility index (Phi) is 2.22. The molecule has 1 aliphatic heterocycles. The smallest absolute Gasteiger partial charge is 0.302 e. The first-order valence-corrected chi connectivity index (χ1v) is 4.53. The van der Waals surface area contributed by atoms with E-state index >= 15 is 0 Å². The number of halogens is 3. The molecule has 1 aromatic rings. The molecule has 0 fully saturated rings. The number of rotatable bonds is 1. The van der Waals surface area contributed by atoms with E-state index in [1.54, 1.807) is 5.01 Å². The topological polar surface area (TPSA) is 27.3 Å². The fraction of sp³-hybridized carbons (Fsp3) is 0.333. The molecule has 0 saturated heterocycles. The number of benzene rings is 1. The van der Waals surface area contributed by atoms with Gasteiger partial charge in [-0.25, -0.2) is 0 Å². The van der Waals surface area contributed by atoms with Crippen LogP contribution in [0.15, 0.2) is 18.2 Å². The highest BCUT2D eigenvalue weighted by Gasteiger charge is 2.32. The Morgan fingerprint density at radius 2 is 2.07 bits per heavy atom. The summed E-state index contributed by atoms with van der Waals surface area (Å²) in [5, 5.41) is 1.62. The van der Waals surface area contributed by atoms with Gasteiger partial charge in [0.05, 0.1) is 16.9 Å². The minimum Gasteiger partial charge on any atom is -0.302 e. The number of hydrazine groups is 2. The van der Waals surface area contributed by atoms with Crippen molar-refractivity contribution < 1.29 is 13.2 Å². The van der Waals surface area contributed by atoms with E-state index < -0.39 is 11.7 Å². The van der Waals surface area contributed by atoms with Gasteiger partial charge in [-0.15, -0.1) is 5.53 Å². The molecule has 0 bridgehead atoms. The number of alkyl halides is 3. The largest absolute Gasteiger partial charge is 0.416 e. The predicted octanol–water partition coefficient (Wildman–Crippen LogP) is 2.38. The van der Waals surface area contributed by atoms with Crippen LogP contribution in [-0.4, -0.2) is 6.54 Å². The Labute approximate surface area is 84.8 Å². The molecule has 3 nitrogen and oxygen atoms in total. The Balaban J connectivity index is 2.41. The van der Waals surface area contributed by atoms with Crippen molar-refractivity contribution in [3.8, 4) is 0 Å². The maximum atomic E-state index is 12.4. The lowest BCUT2D eigenvalue weighted by Crippen LogP contribution is -2.35. The van der Waals surface area contributed by atoms with Crippen molar-refractivity contribution in [1.29, 1.82) is 0 Å². The fourth-order valence-corrected chi connectivity index (χ4v) is 1.47. The number of nitrogens with zero attached hydrogens (tertiary/aromatic N) is 1. The highest BCUT2D eigenvalue weighted by Crippen LogP contribution is 2.36. The summed E-state index contributed by atoms with van der Waals surface area (Å²) in [6, 6.07) is 3.61. The summed E-state index contributed by atoms with van der Waals surface area (Å²) in [6.07, 6.45) is -4.29. The van der Waals surface area contributed by atoms with Gasteiger partial charge in [0.2, 0.25) is 0 Å². The molecule has 0 radical (unpaired) electrons. The molecular weight excluding hydrogens is 207 g/mol. The minimum absolute atomic E-state index is 0.521. The Morgan fingerprint density at radius 1 is 1.33 bits per heavy atom. The summed E-state index contributed by atoms with van der Waals surface area (Å²) in [5.41, 5.74) is 6.10. The van der Waals surface area contributed by atoms with Gasteiger partial charge in [-0.2, -0.15) is 13.2 Å². The molecule has 0 amide bonds. The van der Waals surface area contributed by atoms with Gasteiger partial charge < -0.3 is 5.43 Å². The Bertz CT molecular complexity index is 375. The van der Waals surface area contributed by atoms with Crippen molar-refractivity contribution in [1.82, 2.24) is 5.53 Å². The molecule has 2 N–H and O–H groups in total. The third-order valence-corrected chi connectivity index (χ3v) is 2.26. The maximum Gasteiger partial charge on any atom is 0.416 e. The summed E-state index contributed by atoms with van der Waals surface area (Å²) in [6.45, 7) is 2.44. The normalized spacial score (nSPS) is 15.1. The highest BCUT2D eigenvalue weighted by atomic mass is 19.4. The Hall–Kier alpha value is -1.43. The van der Waals surface area contributed by atoms with Crippen LogP contribution in [0.1, 0.15) is 12.5 Å². The maximum absolute atomic E-state index is 12.4. The molecule has 1 aromatic carbocycles. The van der Waals surface area contributed by atoms with Crippen LogP contribution in [-0.2, 0) is 6.18 Å². The lowest BCUT2D eigenvalue weighted by Gasteiger charge is -2.15. The van der Waals surface area contributed by atoms with Gasteiger partial charge in [0.25, 0.3) is 0 Å². The molecular formula is C9H10F3N3. The molecule has 6 heteroatoms. The van der Waals surface area contributed by atoms with Crippen LogP contribution in [0, 0.1) is 0 Å². The van der Waals surface area contributed by atoms with Crippen molar-refractivity contribution in [3.63, 3.8) is 0 Å². The van der Waals surface area contributed by atoms with Crippen molar-refractivity contribution >= 4 is 11.4 Å². The van der Waals surface area contributed by atoms with Crippen molar-refractivity contribution in [2.45, 2.75) is 13.1 Å². The average molecular weight is 217 g/mol. The predicted molar refractivity (Wildman–Crippen MR) is 51.2 cm³/mol. The lowest BCUT2D eigenvalue weighted by molar-refractivity contribution is -0.137. The standard InChI is InChI=1S/C9H10F3N3/c1-2-15-8-5-6(9(10,11)12)3-4-7(8)13-14-15/h3-5,13-14H,2H2,1H3. The van der Waals surface area contributed by atoms with Gasteiger partial charge in [-0.1, -0.05) is 0 Å². The molecule has 0 aromatic heterocycles. The van der Waals surface area contributed by atoms with Crippen LogP contribution in [0.3, 0.4) is 0 Å². The number of hydrogen-bond acceptors (Lipinski definition) is 3. The third kappa shape index (κ3) is 1.72. The van der Waals surface area contributed by atoms with Crippen LogP contribution >= 0.6 is 0 Å². The number of nitrogens with one attached hydrogen (secondary N) is 2. The molecule has 82 valence electrons. The van der Waals surface area contributed by atoms with Gasteiger partial charge in [-0.3, -0.25) is 5.01 Å². The third-order valence-electron chi connectivity index (χ3n) is 2.26. The SMILES string of the molecule is CCN1NNc2ccc(C(F)(F)F)cc21. The quantitative estimate of drug-likeness (QED) is 0.756. The zero-order valence-electron chi connectivity index (χ0n) is 8.02. The van der Waals surface area contributed by atoms with E-state index in [0.29, 0.717) is 17.9 Å². The highest BCUT2D eigenvalue weighted by molar-refractivity contribution is 5.73. The molecule has 15 heavy (non-hydrogen) atoms. The number of anilines is 2. The van der Waals surface area contributed by atoms with Gasteiger partial charge in [0.15, 0.2) is 0 Å². The molecule has 0 aliphatic carbocycles. The van der Waals surface area contributed by atoms with Crippen molar-refractivity contribution in [2.75, 3.05) is 17.0 Å². The monoisotopic (exact) mass is 217 g/mol. The van der Waals surface area contributed by atoms with E-state index in [4.69, 9.17) is 0 Å². The molecule has 1 aliphatic rings. The van der Waals surface area contributed by atoms with Gasteiger partial charge in [0, 0.05) is 6.54 Å². The second-order valence-corrected chi connectivity index (χ2v) is 3.21. The van der Waals surface area contributed by atoms with Crippen LogP contribution in [0.2, 0.25) is 0 Å². The summed E-state index contributed by atoms with van der Waals surface area (Å²) < 4.78 is 37.3. The molecule has 0 unspecified atom stereocenters. The summed E-state index contributed by atoms with van der Waals surface area (Å²) in [7, 11) is 0. The van der Waals surface area contributed by atoms with E-state index in [1.807, 2.05) is 6.92 Å². The summed E-state index contributed by atoms with van der Waals surface area (Å²) in [4.78, 5) is 0. The van der Waals surface area contributed by atoms with Crippen LogP contribution in [0.5, 0.6) is 0 Å². The van der Waals surface area contributed by atoms with Crippen molar-refractivity contribution in [3.05, 3.63) is 23.8 Å². The zero-order valence-corrected chi connectivity index (χ0v) is 8.02. The molecule has 2 rings (SSSR count). The lowest BCUT2D eigenvalue weighted by atomic mass is 10.1.